The summed E-state index contributed by atoms with van der Waals surface area (Å²) in [4.78, 5) is 79.2. The molecule has 5 aliphatic rings. The van der Waals surface area contributed by atoms with E-state index in [1.54, 1.807) is 61.5 Å². The molecule has 24 N–H and O–H groups in total. The van der Waals surface area contributed by atoms with Crippen molar-refractivity contribution in [3.63, 3.8) is 0 Å². The monoisotopic (exact) mass is 1370 g/mol. The lowest BCUT2D eigenvalue weighted by Gasteiger charge is -2.46. The van der Waals surface area contributed by atoms with Crippen LogP contribution in [-0.2, 0) is 60.7 Å². The number of ether oxygens (including phenoxy) is 7. The highest BCUT2D eigenvalue weighted by molar-refractivity contribution is 5.96. The average molecular weight is 1370 g/mol. The molecule has 0 aromatic heterocycles. The quantitative estimate of drug-likeness (QED) is 0.0266. The number of carbonyl (C=O) groups excluding carboxylic acids is 5. The van der Waals surface area contributed by atoms with E-state index >= 15 is 0 Å². The van der Waals surface area contributed by atoms with E-state index in [4.69, 9.17) is 50.4 Å². The van der Waals surface area contributed by atoms with Crippen LogP contribution in [0.3, 0.4) is 0 Å². The first-order valence-corrected chi connectivity index (χ1v) is 31.2. The molecule has 0 saturated carbocycles. The summed E-state index contributed by atoms with van der Waals surface area (Å²) in [7, 11) is 0. The van der Waals surface area contributed by atoms with Crippen molar-refractivity contribution in [1.29, 1.82) is 0 Å². The normalized spacial score (nSPS) is 31.3. The molecule has 3 aromatic carbocycles. The zero-order valence-corrected chi connectivity index (χ0v) is 52.7. The summed E-state index contributed by atoms with van der Waals surface area (Å²) >= 11 is 0. The van der Waals surface area contributed by atoms with Gasteiger partial charge in [0.1, 0.15) is 127 Å². The summed E-state index contributed by atoms with van der Waals surface area (Å²) in [5.74, 6) is -5.52. The smallest absolute Gasteiger partial charge is 0.246 e. The first kappa shape index (κ1) is 75.4. The number of nitrogens with two attached hydrogens (primary N) is 3. The van der Waals surface area contributed by atoms with Crippen LogP contribution in [0.15, 0.2) is 88.8 Å². The number of nitrogens with zero attached hydrogens (tertiary/aromatic N) is 3. The largest absolute Gasteiger partial charge is 0.494 e. The highest BCUT2D eigenvalue weighted by atomic mass is 16.7. The Morgan fingerprint density at radius 3 is 1.90 bits per heavy atom. The average Bonchev–Trinajstić information content (AvgIpc) is 1.78. The number of nitrogens with one attached hydrogen (secondary N) is 5. The molecular formula is C61H87N11O25. The third kappa shape index (κ3) is 18.1. The Morgan fingerprint density at radius 2 is 1.27 bits per heavy atom. The van der Waals surface area contributed by atoms with E-state index in [2.05, 4.69) is 36.6 Å². The Hall–Kier alpha value is -7.41. The van der Waals surface area contributed by atoms with Crippen LogP contribution in [0.2, 0.25) is 0 Å². The van der Waals surface area contributed by atoms with Gasteiger partial charge in [-0.05, 0) is 47.9 Å². The molecule has 5 heterocycles. The van der Waals surface area contributed by atoms with Crippen LogP contribution in [-0.4, -0.2) is 306 Å². The molecule has 25 atom stereocenters. The number of carbonyl (C=O) groups is 5. The molecule has 3 saturated heterocycles. The van der Waals surface area contributed by atoms with Gasteiger partial charge in [-0.1, -0.05) is 61.5 Å². The SMILES string of the molecule is CCOc1ccc(COCC2OC(OC3C(CO)OC(Oc4ccc(C[C@H](NC(=O)[C@@H](N)C(C)c5ccccc5)C(=O)N[C@H](C(=O)N[C@H](C(=O)N[C@H](C=O)CO)C(O)C5CN=C(N)N5C5OC(CO)C(O)C(O)C5O)C(O)C5CN=C(N)N5)cc4)C(O)C3O)C(O)C(O)C2O)cc1. The molecule has 3 aromatic rings. The van der Waals surface area contributed by atoms with Gasteiger partial charge in [-0.15, -0.1) is 0 Å². The fourth-order valence-corrected chi connectivity index (χ4v) is 11.6. The van der Waals surface area contributed by atoms with Crippen molar-refractivity contribution >= 4 is 41.8 Å². The second kappa shape index (κ2) is 34.4. The van der Waals surface area contributed by atoms with Gasteiger partial charge in [-0.25, -0.2) is 0 Å². The van der Waals surface area contributed by atoms with Gasteiger partial charge in [-0.3, -0.25) is 29.2 Å². The van der Waals surface area contributed by atoms with Crippen LogP contribution in [0, 0.1) is 0 Å². The predicted octanol–water partition coefficient (Wildman–Crippen LogP) is -10.1. The summed E-state index contributed by atoms with van der Waals surface area (Å²) < 4.78 is 40.3. The van der Waals surface area contributed by atoms with E-state index < -0.39 is 215 Å². The van der Waals surface area contributed by atoms with E-state index in [1.165, 1.54) is 24.3 Å². The number of aliphatic hydroxyl groups excluding tert-OH is 13. The fourth-order valence-electron chi connectivity index (χ4n) is 11.6. The number of amides is 4. The summed E-state index contributed by atoms with van der Waals surface area (Å²) in [6, 6.07) is 9.21. The minimum absolute atomic E-state index is 0.0381. The van der Waals surface area contributed by atoms with Crippen molar-refractivity contribution in [2.75, 3.05) is 46.1 Å². The van der Waals surface area contributed by atoms with Gasteiger partial charge in [0.2, 0.25) is 29.9 Å². The number of aliphatic hydroxyl groups is 13. The molecule has 0 bridgehead atoms. The Balaban J connectivity index is 1.00. The summed E-state index contributed by atoms with van der Waals surface area (Å²) in [6.07, 6.45) is -30.8. The van der Waals surface area contributed by atoms with Crippen LogP contribution >= 0.6 is 0 Å². The topological polar surface area (TPSA) is 579 Å². The highest BCUT2D eigenvalue weighted by Crippen LogP contribution is 2.33. The lowest BCUT2D eigenvalue weighted by atomic mass is 9.93. The Labute approximate surface area is 554 Å². The van der Waals surface area contributed by atoms with Crippen LogP contribution in [0.25, 0.3) is 0 Å². The van der Waals surface area contributed by atoms with E-state index in [1.807, 2.05) is 6.92 Å². The van der Waals surface area contributed by atoms with Gasteiger partial charge < -0.3 is 153 Å². The van der Waals surface area contributed by atoms with Gasteiger partial charge in [0.25, 0.3) is 0 Å². The molecule has 0 aliphatic carbocycles. The first-order chi connectivity index (χ1) is 46.3. The maximum atomic E-state index is 15.0. The minimum Gasteiger partial charge on any atom is -0.494 e. The van der Waals surface area contributed by atoms with Crippen molar-refractivity contribution in [2.24, 2.45) is 27.2 Å². The maximum Gasteiger partial charge on any atom is 0.246 e. The van der Waals surface area contributed by atoms with Gasteiger partial charge in [-0.2, -0.15) is 0 Å². The van der Waals surface area contributed by atoms with E-state index in [9.17, 15) is 90.4 Å². The number of benzene rings is 3. The van der Waals surface area contributed by atoms with E-state index in [0.717, 1.165) is 10.5 Å². The molecular weight excluding hydrogens is 1290 g/mol. The Bertz CT molecular complexity index is 3130. The lowest BCUT2D eigenvalue weighted by molar-refractivity contribution is -0.353. The standard InChI is InChI=1S/C61H87N11O25/c1-3-92-31-13-11-28(12-14-31)24-91-25-38-45(80)47(82)50(85)59(96-38)97-52-37(23-76)95-58(51(86)48(52)83)93-32-15-9-27(10-16-32)17-33(68-54(88)39(62)26(2)29-7-5-4-6-8-29)53(87)70-40(42(77)34-18-65-60(63)69-34)56(90)71-41(55(89)67-30(20-73)21-74)43(78)35-19-66-61(64)72(35)57-49(84)46(81)44(79)36(22-75)94-57/h4-16,20,26,30,33-52,57-59,74-86H,3,17-19,21-25,62H2,1-2H3,(H2,64,66)(H,67,89)(H,68,88)(H,70,87)(H,71,90)(H3,63,65,69)/t26?,30-,33+,34?,35?,36?,37?,38?,39+,40+,41+,42?,43?,44?,45?,46?,47?,48?,49?,50?,51?,52?,57?,58?,59?/m1/s1. The number of aliphatic imine (C=N–C) groups is 2. The van der Waals surface area contributed by atoms with Crippen LogP contribution in [0.1, 0.15) is 36.5 Å². The predicted molar refractivity (Wildman–Crippen MR) is 332 cm³/mol. The van der Waals surface area contributed by atoms with E-state index in [0.29, 0.717) is 17.9 Å². The van der Waals surface area contributed by atoms with Gasteiger partial charge in [0, 0.05) is 12.3 Å². The number of hydrogen-bond acceptors (Lipinski definition) is 32. The first-order valence-electron chi connectivity index (χ1n) is 31.2. The molecule has 20 unspecified atom stereocenters. The molecule has 5 aliphatic heterocycles. The molecule has 97 heavy (non-hydrogen) atoms. The molecule has 36 heteroatoms. The lowest BCUT2D eigenvalue weighted by Crippen LogP contribution is -2.70. The van der Waals surface area contributed by atoms with Crippen LogP contribution in [0.4, 0.5) is 0 Å². The van der Waals surface area contributed by atoms with Gasteiger partial charge in [0.15, 0.2) is 24.4 Å². The molecule has 8 rings (SSSR count). The number of aldehydes is 1. The summed E-state index contributed by atoms with van der Waals surface area (Å²) in [6.45, 7) is 0.208. The second-order valence-corrected chi connectivity index (χ2v) is 23.9. The molecule has 4 amide bonds. The van der Waals surface area contributed by atoms with Crippen molar-refractivity contribution in [1.82, 2.24) is 31.5 Å². The molecule has 36 nitrogen and oxygen atoms in total. The summed E-state index contributed by atoms with van der Waals surface area (Å²) in [5.41, 5.74) is 20.3. The van der Waals surface area contributed by atoms with Crippen molar-refractivity contribution in [2.45, 2.75) is 179 Å². The van der Waals surface area contributed by atoms with Crippen molar-refractivity contribution in [3.05, 3.63) is 95.6 Å². The maximum absolute atomic E-state index is 15.0. The van der Waals surface area contributed by atoms with Gasteiger partial charge in [0.05, 0.1) is 70.9 Å². The summed E-state index contributed by atoms with van der Waals surface area (Å²) in [5, 5.41) is 154. The van der Waals surface area contributed by atoms with E-state index in [-0.39, 0.29) is 43.3 Å². The number of hydrogen-bond donors (Lipinski definition) is 21. The second-order valence-electron chi connectivity index (χ2n) is 23.9. The fraction of sp³-hybridized carbons (Fsp3) is 0.590. The minimum atomic E-state index is -2.26. The highest BCUT2D eigenvalue weighted by Gasteiger charge is 2.54. The zero-order chi connectivity index (χ0) is 70.5. The number of guanidine groups is 2. The third-order valence-electron chi connectivity index (χ3n) is 17.3. The number of rotatable bonds is 31. The molecule has 536 valence electrons. The zero-order valence-electron chi connectivity index (χ0n) is 52.7. The Morgan fingerprint density at radius 1 is 0.670 bits per heavy atom. The van der Waals surface area contributed by atoms with Crippen molar-refractivity contribution < 1.29 is 124 Å². The molecule has 0 spiro atoms. The van der Waals surface area contributed by atoms with Gasteiger partial charge >= 0.3 is 0 Å². The molecule has 3 fully saturated rings. The van der Waals surface area contributed by atoms with Crippen LogP contribution < -0.4 is 53.3 Å². The van der Waals surface area contributed by atoms with Crippen LogP contribution in [0.5, 0.6) is 11.5 Å². The third-order valence-corrected chi connectivity index (χ3v) is 17.3. The molecule has 0 radical (unpaired) electrons. The Kier molecular flexibility index (Phi) is 26.7. The van der Waals surface area contributed by atoms with Crippen molar-refractivity contribution in [3.8, 4) is 11.5 Å².